The van der Waals surface area contributed by atoms with Gasteiger partial charge < -0.3 is 19.1 Å². The van der Waals surface area contributed by atoms with Crippen LogP contribution in [0.4, 0.5) is 0 Å². The summed E-state index contributed by atoms with van der Waals surface area (Å²) in [5.74, 6) is 0.0892. The molecule has 27 heavy (non-hydrogen) atoms. The molecule has 1 amide bonds. The van der Waals surface area contributed by atoms with Gasteiger partial charge in [-0.25, -0.2) is 4.79 Å². The first-order chi connectivity index (χ1) is 13.1. The molecule has 0 N–H and O–H groups in total. The van der Waals surface area contributed by atoms with E-state index in [0.29, 0.717) is 30.2 Å². The number of carbonyl (C=O) groups excluding carboxylic acids is 2. The average Bonchev–Trinajstić information content (AvgIpc) is 3.26. The minimum Gasteiger partial charge on any atom is -0.497 e. The van der Waals surface area contributed by atoms with Gasteiger partial charge in [0.05, 0.1) is 14.2 Å². The van der Waals surface area contributed by atoms with Crippen LogP contribution in [0.5, 0.6) is 11.5 Å². The molecule has 0 unspecified atom stereocenters. The van der Waals surface area contributed by atoms with Crippen LogP contribution in [0.25, 0.3) is 0 Å². The Balaban J connectivity index is 1.87. The van der Waals surface area contributed by atoms with Crippen molar-refractivity contribution in [3.63, 3.8) is 0 Å². The third kappa shape index (κ3) is 4.22. The van der Waals surface area contributed by atoms with Crippen molar-refractivity contribution in [1.29, 1.82) is 0 Å². The first-order valence-electron chi connectivity index (χ1n) is 8.90. The van der Waals surface area contributed by atoms with Gasteiger partial charge in [-0.3, -0.25) is 4.79 Å². The van der Waals surface area contributed by atoms with Gasteiger partial charge in [0.2, 0.25) is 6.10 Å². The zero-order valence-electron chi connectivity index (χ0n) is 15.5. The molecule has 142 valence electrons. The molecule has 2 aromatic carbocycles. The molecule has 0 spiro atoms. The highest BCUT2D eigenvalue weighted by Gasteiger charge is 2.32. The van der Waals surface area contributed by atoms with Gasteiger partial charge in [0.15, 0.2) is 0 Å². The Kier molecular flexibility index (Phi) is 5.96. The Morgan fingerprint density at radius 2 is 1.67 bits per heavy atom. The van der Waals surface area contributed by atoms with E-state index in [1.54, 1.807) is 35.2 Å². The largest absolute Gasteiger partial charge is 0.497 e. The van der Waals surface area contributed by atoms with Crippen molar-refractivity contribution in [3.8, 4) is 11.5 Å². The highest BCUT2D eigenvalue weighted by atomic mass is 16.6. The molecule has 6 nitrogen and oxygen atoms in total. The highest BCUT2D eigenvalue weighted by Crippen LogP contribution is 2.29. The van der Waals surface area contributed by atoms with Gasteiger partial charge >= 0.3 is 5.97 Å². The monoisotopic (exact) mass is 369 g/mol. The van der Waals surface area contributed by atoms with Crippen molar-refractivity contribution in [1.82, 2.24) is 4.90 Å². The fourth-order valence-electron chi connectivity index (χ4n) is 3.13. The first kappa shape index (κ1) is 18.8. The van der Waals surface area contributed by atoms with Crippen LogP contribution >= 0.6 is 0 Å². The molecule has 0 aromatic heterocycles. The molecule has 0 saturated carbocycles. The zero-order chi connectivity index (χ0) is 19.2. The molecule has 6 heteroatoms. The summed E-state index contributed by atoms with van der Waals surface area (Å²) in [5, 5.41) is 0. The summed E-state index contributed by atoms with van der Waals surface area (Å²) in [7, 11) is 3.00. The van der Waals surface area contributed by atoms with Gasteiger partial charge in [-0.05, 0) is 25.0 Å². The van der Waals surface area contributed by atoms with Crippen LogP contribution in [0.3, 0.4) is 0 Å². The Morgan fingerprint density at radius 3 is 2.30 bits per heavy atom. The summed E-state index contributed by atoms with van der Waals surface area (Å²) in [4.78, 5) is 27.5. The van der Waals surface area contributed by atoms with Crippen LogP contribution in [0, 0.1) is 0 Å². The van der Waals surface area contributed by atoms with Crippen LogP contribution in [-0.4, -0.2) is 44.1 Å². The number of rotatable bonds is 6. The SMILES string of the molecule is COc1ccc(C(=O)O[C@@H](C(=O)N2CCCC2)c2ccccc2)c(OC)c1. The molecule has 1 aliphatic rings. The van der Waals surface area contributed by atoms with Gasteiger partial charge in [0.1, 0.15) is 17.1 Å². The lowest BCUT2D eigenvalue weighted by atomic mass is 10.1. The van der Waals surface area contributed by atoms with E-state index in [2.05, 4.69) is 0 Å². The smallest absolute Gasteiger partial charge is 0.343 e. The van der Waals surface area contributed by atoms with Gasteiger partial charge in [-0.15, -0.1) is 0 Å². The summed E-state index contributed by atoms with van der Waals surface area (Å²) in [6.07, 6.45) is 0.949. The molecular weight excluding hydrogens is 346 g/mol. The van der Waals surface area contributed by atoms with E-state index < -0.39 is 12.1 Å². The van der Waals surface area contributed by atoms with E-state index in [9.17, 15) is 9.59 Å². The number of carbonyl (C=O) groups is 2. The summed E-state index contributed by atoms with van der Waals surface area (Å²) in [5.41, 5.74) is 0.892. The maximum absolute atomic E-state index is 13.0. The molecule has 1 fully saturated rings. The van der Waals surface area contributed by atoms with Crippen LogP contribution in [0.2, 0.25) is 0 Å². The Bertz CT molecular complexity index is 799. The molecular formula is C21H23NO5. The van der Waals surface area contributed by atoms with Crippen LogP contribution in [0.1, 0.15) is 34.9 Å². The molecule has 1 heterocycles. The fourth-order valence-corrected chi connectivity index (χ4v) is 3.13. The topological polar surface area (TPSA) is 65.1 Å². The van der Waals surface area contributed by atoms with Gasteiger partial charge in [-0.1, -0.05) is 30.3 Å². The summed E-state index contributed by atoms with van der Waals surface area (Å²) in [6, 6.07) is 13.9. The number of likely N-dealkylation sites (tertiary alicyclic amines) is 1. The number of ether oxygens (including phenoxy) is 3. The van der Waals surface area contributed by atoms with Gasteiger partial charge in [-0.2, -0.15) is 0 Å². The molecule has 2 aromatic rings. The van der Waals surface area contributed by atoms with Crippen molar-refractivity contribution in [2.45, 2.75) is 18.9 Å². The molecule has 0 radical (unpaired) electrons. The van der Waals surface area contributed by atoms with E-state index in [0.717, 1.165) is 12.8 Å². The summed E-state index contributed by atoms with van der Waals surface area (Å²) < 4.78 is 16.1. The van der Waals surface area contributed by atoms with Crippen molar-refractivity contribution >= 4 is 11.9 Å². The van der Waals surface area contributed by atoms with Gasteiger partial charge in [0.25, 0.3) is 5.91 Å². The van der Waals surface area contributed by atoms with Crippen LogP contribution < -0.4 is 9.47 Å². The number of hydrogen-bond acceptors (Lipinski definition) is 5. The van der Waals surface area contributed by atoms with Gasteiger partial charge in [0, 0.05) is 24.7 Å². The summed E-state index contributed by atoms with van der Waals surface area (Å²) in [6.45, 7) is 1.37. The zero-order valence-corrected chi connectivity index (χ0v) is 15.5. The minimum atomic E-state index is -0.983. The predicted molar refractivity (Wildman–Crippen MR) is 100.0 cm³/mol. The standard InChI is InChI=1S/C21H23NO5/c1-25-16-10-11-17(18(14-16)26-2)21(24)27-19(15-8-4-3-5-9-15)20(23)22-12-6-7-13-22/h3-5,8-11,14,19H,6-7,12-13H2,1-2H3/t19-/m1/s1. The second-order valence-corrected chi connectivity index (χ2v) is 6.29. The quantitative estimate of drug-likeness (QED) is 0.732. The maximum atomic E-state index is 13.0. The van der Waals surface area contributed by atoms with E-state index >= 15 is 0 Å². The Morgan fingerprint density at radius 1 is 0.963 bits per heavy atom. The maximum Gasteiger partial charge on any atom is 0.343 e. The Hall–Kier alpha value is -3.02. The number of esters is 1. The third-order valence-corrected chi connectivity index (χ3v) is 4.60. The Labute approximate surface area is 158 Å². The van der Waals surface area contributed by atoms with E-state index in [4.69, 9.17) is 14.2 Å². The van der Waals surface area contributed by atoms with Crippen molar-refractivity contribution in [2.24, 2.45) is 0 Å². The predicted octanol–water partition coefficient (Wildman–Crippen LogP) is 3.22. The van der Waals surface area contributed by atoms with Crippen LogP contribution in [0.15, 0.2) is 48.5 Å². The third-order valence-electron chi connectivity index (χ3n) is 4.60. The lowest BCUT2D eigenvalue weighted by molar-refractivity contribution is -0.140. The second kappa shape index (κ2) is 8.58. The average molecular weight is 369 g/mol. The van der Waals surface area contributed by atoms with Crippen molar-refractivity contribution < 1.29 is 23.8 Å². The lowest BCUT2D eigenvalue weighted by Gasteiger charge is -2.24. The normalized spacial score (nSPS) is 14.5. The van der Waals surface area contributed by atoms with Crippen molar-refractivity contribution in [2.75, 3.05) is 27.3 Å². The number of nitrogens with zero attached hydrogens (tertiary/aromatic N) is 1. The first-order valence-corrected chi connectivity index (χ1v) is 8.90. The number of hydrogen-bond donors (Lipinski definition) is 0. The van der Waals surface area contributed by atoms with E-state index in [1.165, 1.54) is 14.2 Å². The van der Waals surface area contributed by atoms with Crippen LogP contribution in [-0.2, 0) is 9.53 Å². The minimum absolute atomic E-state index is 0.195. The number of methoxy groups -OCH3 is 2. The lowest BCUT2D eigenvalue weighted by Crippen LogP contribution is -2.34. The van der Waals surface area contributed by atoms with E-state index in [1.807, 2.05) is 18.2 Å². The number of benzene rings is 2. The van der Waals surface area contributed by atoms with Crippen molar-refractivity contribution in [3.05, 3.63) is 59.7 Å². The fraction of sp³-hybridized carbons (Fsp3) is 0.333. The highest BCUT2D eigenvalue weighted by molar-refractivity contribution is 5.95. The number of amides is 1. The molecule has 1 atom stereocenters. The summed E-state index contributed by atoms with van der Waals surface area (Å²) >= 11 is 0. The molecule has 3 rings (SSSR count). The van der Waals surface area contributed by atoms with E-state index in [-0.39, 0.29) is 11.5 Å². The second-order valence-electron chi connectivity index (χ2n) is 6.29. The molecule has 1 aliphatic heterocycles. The molecule has 1 saturated heterocycles. The molecule has 0 bridgehead atoms. The molecule has 0 aliphatic carbocycles.